The molecule has 0 aliphatic carbocycles. The Morgan fingerprint density at radius 3 is 2.55 bits per heavy atom. The van der Waals surface area contributed by atoms with Gasteiger partial charge in [-0.25, -0.2) is 0 Å². The van der Waals surface area contributed by atoms with E-state index in [1.54, 1.807) is 6.07 Å². The quantitative estimate of drug-likeness (QED) is 0.665. The molecule has 22 heavy (non-hydrogen) atoms. The summed E-state index contributed by atoms with van der Waals surface area (Å²) in [6, 6.07) is 4.92. The number of rotatable bonds is 2. The van der Waals surface area contributed by atoms with Gasteiger partial charge in [0.05, 0.1) is 11.8 Å². The maximum Gasteiger partial charge on any atom is 0.416 e. The normalized spacial score (nSPS) is 13.0. The minimum absolute atomic E-state index is 0.285. The van der Waals surface area contributed by atoms with Crippen LogP contribution in [0.3, 0.4) is 0 Å². The lowest BCUT2D eigenvalue weighted by molar-refractivity contribution is -0.137. The molecule has 118 valence electrons. The van der Waals surface area contributed by atoms with E-state index in [4.69, 9.17) is 12.2 Å². The summed E-state index contributed by atoms with van der Waals surface area (Å²) in [5.41, 5.74) is -0.695. The minimum Gasteiger partial charge on any atom is -0.250 e. The van der Waals surface area contributed by atoms with Crippen LogP contribution >= 0.6 is 12.2 Å². The van der Waals surface area contributed by atoms with E-state index < -0.39 is 11.7 Å². The van der Waals surface area contributed by atoms with Crippen LogP contribution in [0.2, 0.25) is 0 Å². The molecule has 1 heterocycles. The van der Waals surface area contributed by atoms with Crippen molar-refractivity contribution in [2.24, 2.45) is 5.10 Å². The average Bonchev–Trinajstić information content (AvgIpc) is 2.77. The van der Waals surface area contributed by atoms with Crippen LogP contribution in [0.5, 0.6) is 0 Å². The van der Waals surface area contributed by atoms with Gasteiger partial charge in [-0.2, -0.15) is 28.0 Å². The Hall–Kier alpha value is -1.96. The third-order valence-electron chi connectivity index (χ3n) is 2.86. The van der Waals surface area contributed by atoms with E-state index in [1.807, 2.05) is 20.8 Å². The summed E-state index contributed by atoms with van der Waals surface area (Å²) >= 11 is 5.09. The standard InChI is InChI=1S/C14H15F3N4S/c1-13(2,3)11-19-20-12(22)21(11)18-8-9-5-4-6-10(7-9)14(15,16)17/h4-8H,1-3H3,(H,20,22)/b18-8-. The molecule has 0 unspecified atom stereocenters. The van der Waals surface area contributed by atoms with Crippen molar-refractivity contribution in [2.75, 3.05) is 0 Å². The molecule has 0 atom stereocenters. The molecule has 0 saturated carbocycles. The summed E-state index contributed by atoms with van der Waals surface area (Å²) in [6.07, 6.45) is -3.05. The number of nitrogens with zero attached hydrogens (tertiary/aromatic N) is 3. The van der Waals surface area contributed by atoms with E-state index >= 15 is 0 Å². The van der Waals surface area contributed by atoms with Gasteiger partial charge in [0.2, 0.25) is 4.77 Å². The molecule has 1 N–H and O–H groups in total. The molecule has 8 heteroatoms. The molecule has 0 bridgehead atoms. The zero-order valence-corrected chi connectivity index (χ0v) is 13.1. The minimum atomic E-state index is -4.38. The highest BCUT2D eigenvalue weighted by atomic mass is 32.1. The maximum absolute atomic E-state index is 12.7. The van der Waals surface area contributed by atoms with Crippen LogP contribution in [0.25, 0.3) is 0 Å². The third kappa shape index (κ3) is 3.62. The fraction of sp³-hybridized carbons (Fsp3) is 0.357. The number of H-pyrrole nitrogens is 1. The number of aromatic nitrogens is 3. The van der Waals surface area contributed by atoms with Crippen molar-refractivity contribution < 1.29 is 13.2 Å². The van der Waals surface area contributed by atoms with Gasteiger partial charge in [-0.15, -0.1) is 0 Å². The highest BCUT2D eigenvalue weighted by molar-refractivity contribution is 7.71. The first-order chi connectivity index (χ1) is 10.1. The molecular weight excluding hydrogens is 313 g/mol. The van der Waals surface area contributed by atoms with Crippen LogP contribution in [0.4, 0.5) is 13.2 Å². The van der Waals surface area contributed by atoms with Gasteiger partial charge < -0.3 is 0 Å². The Labute approximate surface area is 130 Å². The lowest BCUT2D eigenvalue weighted by Crippen LogP contribution is -2.17. The van der Waals surface area contributed by atoms with Crippen LogP contribution in [0.1, 0.15) is 37.7 Å². The molecule has 0 spiro atoms. The number of hydrogen-bond acceptors (Lipinski definition) is 3. The van der Waals surface area contributed by atoms with Crippen molar-refractivity contribution in [1.29, 1.82) is 0 Å². The molecular formula is C14H15F3N4S. The van der Waals surface area contributed by atoms with E-state index in [0.717, 1.165) is 12.1 Å². The topological polar surface area (TPSA) is 46.0 Å². The van der Waals surface area contributed by atoms with Crippen molar-refractivity contribution in [3.05, 3.63) is 46.0 Å². The largest absolute Gasteiger partial charge is 0.416 e. The van der Waals surface area contributed by atoms with E-state index in [9.17, 15) is 13.2 Å². The first-order valence-electron chi connectivity index (χ1n) is 6.48. The van der Waals surface area contributed by atoms with Crippen LogP contribution in [0.15, 0.2) is 29.4 Å². The van der Waals surface area contributed by atoms with Crippen molar-refractivity contribution in [3.63, 3.8) is 0 Å². The fourth-order valence-corrected chi connectivity index (χ4v) is 1.98. The first-order valence-corrected chi connectivity index (χ1v) is 6.89. The van der Waals surface area contributed by atoms with Crippen LogP contribution < -0.4 is 0 Å². The summed E-state index contributed by atoms with van der Waals surface area (Å²) in [5.74, 6) is 0.598. The Bertz CT molecular complexity index is 750. The number of aromatic amines is 1. The molecule has 0 aliphatic heterocycles. The average molecular weight is 328 g/mol. The molecule has 2 rings (SSSR count). The molecule has 0 radical (unpaired) electrons. The number of hydrogen-bond donors (Lipinski definition) is 1. The Morgan fingerprint density at radius 2 is 1.95 bits per heavy atom. The van der Waals surface area contributed by atoms with Gasteiger partial charge in [0.1, 0.15) is 0 Å². The number of nitrogens with one attached hydrogen (secondary N) is 1. The van der Waals surface area contributed by atoms with E-state index in [-0.39, 0.29) is 10.2 Å². The van der Waals surface area contributed by atoms with Crippen LogP contribution in [-0.4, -0.2) is 21.1 Å². The summed E-state index contributed by atoms with van der Waals surface area (Å²) in [7, 11) is 0. The highest BCUT2D eigenvalue weighted by Crippen LogP contribution is 2.29. The monoisotopic (exact) mass is 328 g/mol. The summed E-state index contributed by atoms with van der Waals surface area (Å²) in [4.78, 5) is 0. The molecule has 0 amide bonds. The van der Waals surface area contributed by atoms with Crippen molar-refractivity contribution in [2.45, 2.75) is 32.4 Å². The SMILES string of the molecule is CC(C)(C)c1n[nH]c(=S)n1/N=C\c1cccc(C(F)(F)F)c1. The highest BCUT2D eigenvalue weighted by Gasteiger charge is 2.30. The Kier molecular flexibility index (Phi) is 4.23. The lowest BCUT2D eigenvalue weighted by atomic mass is 9.96. The van der Waals surface area contributed by atoms with E-state index in [0.29, 0.717) is 11.4 Å². The van der Waals surface area contributed by atoms with Crippen molar-refractivity contribution in [3.8, 4) is 0 Å². The summed E-state index contributed by atoms with van der Waals surface area (Å²) in [6.45, 7) is 5.82. The predicted molar refractivity (Wildman–Crippen MR) is 80.5 cm³/mol. The van der Waals surface area contributed by atoms with Gasteiger partial charge in [-0.1, -0.05) is 32.9 Å². The number of benzene rings is 1. The van der Waals surface area contributed by atoms with Gasteiger partial charge in [0.25, 0.3) is 0 Å². The predicted octanol–water partition coefficient (Wildman–Crippen LogP) is 4.14. The van der Waals surface area contributed by atoms with Crippen LogP contribution in [0, 0.1) is 4.77 Å². The third-order valence-corrected chi connectivity index (χ3v) is 3.12. The molecule has 1 aromatic carbocycles. The van der Waals surface area contributed by atoms with Gasteiger partial charge in [0.15, 0.2) is 5.82 Å². The fourth-order valence-electron chi connectivity index (χ4n) is 1.80. The first kappa shape index (κ1) is 16.4. The molecule has 2 aromatic rings. The van der Waals surface area contributed by atoms with Crippen LogP contribution in [-0.2, 0) is 11.6 Å². The van der Waals surface area contributed by atoms with Crippen molar-refractivity contribution in [1.82, 2.24) is 14.9 Å². The smallest absolute Gasteiger partial charge is 0.250 e. The molecule has 4 nitrogen and oxygen atoms in total. The Balaban J connectivity index is 2.38. The molecule has 1 aromatic heterocycles. The van der Waals surface area contributed by atoms with Gasteiger partial charge in [-0.3, -0.25) is 5.10 Å². The second-order valence-corrected chi connectivity index (χ2v) is 6.17. The van der Waals surface area contributed by atoms with E-state index in [1.165, 1.54) is 17.0 Å². The summed E-state index contributed by atoms with van der Waals surface area (Å²) in [5, 5.41) is 10.9. The summed E-state index contributed by atoms with van der Waals surface area (Å²) < 4.78 is 39.8. The molecule has 0 fully saturated rings. The second kappa shape index (κ2) is 5.68. The van der Waals surface area contributed by atoms with Gasteiger partial charge in [0, 0.05) is 5.41 Å². The van der Waals surface area contributed by atoms with Crippen molar-refractivity contribution >= 4 is 18.4 Å². The Morgan fingerprint density at radius 1 is 1.27 bits per heavy atom. The second-order valence-electron chi connectivity index (χ2n) is 5.78. The van der Waals surface area contributed by atoms with E-state index in [2.05, 4.69) is 15.3 Å². The van der Waals surface area contributed by atoms with Gasteiger partial charge >= 0.3 is 6.18 Å². The molecule has 0 aliphatic rings. The maximum atomic E-state index is 12.7. The number of alkyl halides is 3. The molecule has 0 saturated heterocycles. The number of halogens is 3. The van der Waals surface area contributed by atoms with Gasteiger partial charge in [-0.05, 0) is 29.9 Å². The zero-order chi connectivity index (χ0) is 16.5. The lowest BCUT2D eigenvalue weighted by Gasteiger charge is -2.15. The zero-order valence-electron chi connectivity index (χ0n) is 12.3.